The van der Waals surface area contributed by atoms with E-state index in [1.807, 2.05) is 44.2 Å². The molecular weight excluding hydrogens is 266 g/mol. The van der Waals surface area contributed by atoms with E-state index in [9.17, 15) is 9.90 Å². The first kappa shape index (κ1) is 13.9. The van der Waals surface area contributed by atoms with Crippen molar-refractivity contribution in [2.45, 2.75) is 32.2 Å². The maximum absolute atomic E-state index is 12.5. The van der Waals surface area contributed by atoms with E-state index in [0.29, 0.717) is 24.2 Å². The van der Waals surface area contributed by atoms with Crippen molar-refractivity contribution < 1.29 is 14.3 Å². The number of amides is 1. The number of hydrogen-bond acceptors (Lipinski definition) is 3. The van der Waals surface area contributed by atoms with Gasteiger partial charge >= 0.3 is 0 Å². The molecule has 0 bridgehead atoms. The molecular formula is C17H19NO3. The second-order valence-electron chi connectivity index (χ2n) is 5.83. The Bertz CT molecular complexity index is 719. The van der Waals surface area contributed by atoms with Crippen molar-refractivity contribution in [2.75, 3.05) is 6.61 Å². The highest BCUT2D eigenvalue weighted by Gasteiger charge is 2.33. The van der Waals surface area contributed by atoms with Crippen molar-refractivity contribution in [3.8, 4) is 0 Å². The van der Waals surface area contributed by atoms with Crippen molar-refractivity contribution in [3.05, 3.63) is 47.2 Å². The first-order valence-corrected chi connectivity index (χ1v) is 7.13. The van der Waals surface area contributed by atoms with Crippen molar-refractivity contribution >= 4 is 16.9 Å². The monoisotopic (exact) mass is 285 g/mol. The Labute approximate surface area is 123 Å². The second-order valence-corrected chi connectivity index (χ2v) is 5.83. The number of fused-ring (bicyclic) bond motifs is 1. The first-order valence-electron chi connectivity index (χ1n) is 7.13. The van der Waals surface area contributed by atoms with Gasteiger partial charge in [-0.3, -0.25) is 4.79 Å². The molecule has 1 aromatic heterocycles. The molecule has 0 saturated heterocycles. The topological polar surface area (TPSA) is 62.5 Å². The maximum Gasteiger partial charge on any atom is 0.287 e. The summed E-state index contributed by atoms with van der Waals surface area (Å²) in [4.78, 5) is 12.5. The molecule has 21 heavy (non-hydrogen) atoms. The summed E-state index contributed by atoms with van der Waals surface area (Å²) in [5.41, 5.74) is 2.10. The van der Waals surface area contributed by atoms with Gasteiger partial charge in [-0.05, 0) is 38.8 Å². The number of carbonyl (C=O) groups is 1. The Hall–Kier alpha value is -2.07. The number of aliphatic hydroxyl groups excluding tert-OH is 1. The Kier molecular flexibility index (Phi) is 3.33. The summed E-state index contributed by atoms with van der Waals surface area (Å²) in [7, 11) is 0. The van der Waals surface area contributed by atoms with Crippen LogP contribution in [0.25, 0.3) is 11.0 Å². The number of carbonyl (C=O) groups excluding carboxylic acids is 1. The Morgan fingerprint density at radius 3 is 2.71 bits per heavy atom. The summed E-state index contributed by atoms with van der Waals surface area (Å²) in [5.74, 6) is 0.0643. The highest BCUT2D eigenvalue weighted by molar-refractivity contribution is 5.99. The van der Waals surface area contributed by atoms with Gasteiger partial charge in [0.15, 0.2) is 5.76 Å². The van der Waals surface area contributed by atoms with E-state index in [0.717, 1.165) is 16.5 Å². The number of furan rings is 1. The number of aliphatic hydroxyl groups is 1. The third-order valence-corrected chi connectivity index (χ3v) is 4.16. The van der Waals surface area contributed by atoms with Gasteiger partial charge in [0, 0.05) is 10.9 Å². The van der Waals surface area contributed by atoms with E-state index in [2.05, 4.69) is 5.32 Å². The van der Waals surface area contributed by atoms with Gasteiger partial charge in [-0.2, -0.15) is 0 Å². The first-order chi connectivity index (χ1) is 10.0. The molecule has 1 aromatic carbocycles. The van der Waals surface area contributed by atoms with Gasteiger partial charge in [-0.25, -0.2) is 0 Å². The highest BCUT2D eigenvalue weighted by Crippen LogP contribution is 2.28. The predicted molar refractivity (Wildman–Crippen MR) is 81.3 cm³/mol. The molecule has 1 aliphatic rings. The minimum absolute atomic E-state index is 0.0792. The lowest BCUT2D eigenvalue weighted by atomic mass is 9.97. The van der Waals surface area contributed by atoms with Crippen LogP contribution in [0.5, 0.6) is 0 Å². The van der Waals surface area contributed by atoms with E-state index in [1.54, 1.807) is 0 Å². The smallest absolute Gasteiger partial charge is 0.287 e. The van der Waals surface area contributed by atoms with E-state index in [-0.39, 0.29) is 12.5 Å². The van der Waals surface area contributed by atoms with Crippen molar-refractivity contribution in [2.24, 2.45) is 0 Å². The predicted octanol–water partition coefficient (Wildman–Crippen LogP) is 2.86. The SMILES string of the molecule is Cc1ccc2oc(C(=O)NC3(CO)CC=CC3)c(C)c2c1. The van der Waals surface area contributed by atoms with Crippen LogP contribution in [0.15, 0.2) is 34.8 Å². The largest absolute Gasteiger partial charge is 0.451 e. The van der Waals surface area contributed by atoms with Crippen LogP contribution in [0.1, 0.15) is 34.5 Å². The normalized spacial score (nSPS) is 16.5. The zero-order valence-electron chi connectivity index (χ0n) is 12.3. The van der Waals surface area contributed by atoms with Gasteiger partial charge in [0.2, 0.25) is 0 Å². The molecule has 2 aromatic rings. The van der Waals surface area contributed by atoms with Gasteiger partial charge in [0.25, 0.3) is 5.91 Å². The summed E-state index contributed by atoms with van der Waals surface area (Å²) >= 11 is 0. The fraction of sp³-hybridized carbons (Fsp3) is 0.353. The average Bonchev–Trinajstić information content (AvgIpc) is 3.05. The third-order valence-electron chi connectivity index (χ3n) is 4.16. The molecule has 0 atom stereocenters. The molecule has 1 amide bonds. The summed E-state index contributed by atoms with van der Waals surface area (Å²) < 4.78 is 5.70. The second kappa shape index (κ2) is 5.04. The Morgan fingerprint density at radius 2 is 2.05 bits per heavy atom. The van der Waals surface area contributed by atoms with Crippen LogP contribution in [0.2, 0.25) is 0 Å². The average molecular weight is 285 g/mol. The molecule has 1 aliphatic carbocycles. The number of hydrogen-bond donors (Lipinski definition) is 2. The molecule has 110 valence electrons. The van der Waals surface area contributed by atoms with Crippen LogP contribution in [0, 0.1) is 13.8 Å². The Balaban J connectivity index is 1.93. The maximum atomic E-state index is 12.5. The van der Waals surface area contributed by atoms with E-state index < -0.39 is 5.54 Å². The zero-order valence-corrected chi connectivity index (χ0v) is 12.3. The summed E-state index contributed by atoms with van der Waals surface area (Å²) in [6, 6.07) is 5.86. The third kappa shape index (κ3) is 2.36. The van der Waals surface area contributed by atoms with E-state index in [1.165, 1.54) is 0 Å². The number of aryl methyl sites for hydroxylation is 2. The summed E-state index contributed by atoms with van der Waals surface area (Å²) in [6.07, 6.45) is 5.25. The molecule has 1 heterocycles. The molecule has 3 rings (SSSR count). The van der Waals surface area contributed by atoms with Crippen LogP contribution >= 0.6 is 0 Å². The van der Waals surface area contributed by atoms with Gasteiger partial charge < -0.3 is 14.8 Å². The van der Waals surface area contributed by atoms with Gasteiger partial charge in [-0.15, -0.1) is 0 Å². The molecule has 2 N–H and O–H groups in total. The molecule has 0 saturated carbocycles. The lowest BCUT2D eigenvalue weighted by Crippen LogP contribution is -2.49. The molecule has 0 aliphatic heterocycles. The minimum Gasteiger partial charge on any atom is -0.451 e. The van der Waals surface area contributed by atoms with Crippen molar-refractivity contribution in [1.82, 2.24) is 5.32 Å². The van der Waals surface area contributed by atoms with Crippen LogP contribution < -0.4 is 5.32 Å². The number of rotatable bonds is 3. The van der Waals surface area contributed by atoms with Crippen molar-refractivity contribution in [3.63, 3.8) is 0 Å². The highest BCUT2D eigenvalue weighted by atomic mass is 16.3. The molecule has 4 heteroatoms. The standard InChI is InChI=1S/C17H19NO3/c1-11-5-6-14-13(9-11)12(2)15(21-14)16(20)18-17(10-19)7-3-4-8-17/h3-6,9,19H,7-8,10H2,1-2H3,(H,18,20). The molecule has 0 unspecified atom stereocenters. The van der Waals surface area contributed by atoms with Crippen LogP contribution in [-0.2, 0) is 0 Å². The Morgan fingerprint density at radius 1 is 1.33 bits per heavy atom. The van der Waals surface area contributed by atoms with Crippen LogP contribution in [0.3, 0.4) is 0 Å². The van der Waals surface area contributed by atoms with E-state index in [4.69, 9.17) is 4.42 Å². The number of benzene rings is 1. The lowest BCUT2D eigenvalue weighted by molar-refractivity contribution is 0.0819. The summed E-state index contributed by atoms with van der Waals surface area (Å²) in [6.45, 7) is 3.82. The molecule has 0 spiro atoms. The molecule has 0 fully saturated rings. The van der Waals surface area contributed by atoms with E-state index >= 15 is 0 Å². The number of nitrogens with one attached hydrogen (secondary N) is 1. The van der Waals surface area contributed by atoms with Gasteiger partial charge in [0.1, 0.15) is 5.58 Å². The quantitative estimate of drug-likeness (QED) is 0.852. The molecule has 0 radical (unpaired) electrons. The lowest BCUT2D eigenvalue weighted by Gasteiger charge is -2.27. The van der Waals surface area contributed by atoms with Crippen molar-refractivity contribution in [1.29, 1.82) is 0 Å². The fourth-order valence-corrected chi connectivity index (χ4v) is 2.82. The minimum atomic E-state index is -0.585. The van der Waals surface area contributed by atoms with Gasteiger partial charge in [0.05, 0.1) is 12.1 Å². The molecule has 4 nitrogen and oxygen atoms in total. The summed E-state index contributed by atoms with van der Waals surface area (Å²) in [5, 5.41) is 13.5. The van der Waals surface area contributed by atoms with Crippen LogP contribution in [0.4, 0.5) is 0 Å². The van der Waals surface area contributed by atoms with Crippen LogP contribution in [-0.4, -0.2) is 23.2 Å². The van der Waals surface area contributed by atoms with Gasteiger partial charge in [-0.1, -0.05) is 23.8 Å². The zero-order chi connectivity index (χ0) is 15.0. The fourth-order valence-electron chi connectivity index (χ4n) is 2.82.